The number of nitrogens with one attached hydrogen (secondary N) is 1. The number of rotatable bonds is 5. The second-order valence-corrected chi connectivity index (χ2v) is 4.34. The number of nitro groups is 1. The quantitative estimate of drug-likeness (QED) is 0.669. The molecule has 1 N–H and O–H groups in total. The van der Waals surface area contributed by atoms with Crippen LogP contribution in [0.15, 0.2) is 24.5 Å². The van der Waals surface area contributed by atoms with E-state index in [0.29, 0.717) is 13.0 Å². The molecule has 0 atom stereocenters. The molecule has 0 unspecified atom stereocenters. The van der Waals surface area contributed by atoms with Gasteiger partial charge in [0.2, 0.25) is 5.82 Å². The lowest BCUT2D eigenvalue weighted by atomic mass is 10.3. The van der Waals surface area contributed by atoms with E-state index < -0.39 is 4.92 Å². The minimum atomic E-state index is -0.509. The Balaban J connectivity index is 2.03. The zero-order valence-corrected chi connectivity index (χ0v) is 11.0. The molecule has 0 saturated carbocycles. The highest BCUT2D eigenvalue weighted by Crippen LogP contribution is 2.24. The van der Waals surface area contributed by atoms with Gasteiger partial charge in [0.05, 0.1) is 9.95 Å². The van der Waals surface area contributed by atoms with Gasteiger partial charge in [0.15, 0.2) is 0 Å². The molecule has 2 aromatic heterocycles. The Morgan fingerprint density at radius 2 is 2.37 bits per heavy atom. The first-order valence-corrected chi connectivity index (χ1v) is 5.96. The zero-order chi connectivity index (χ0) is 13.8. The molecule has 2 rings (SSSR count). The zero-order valence-electron chi connectivity index (χ0n) is 10.2. The van der Waals surface area contributed by atoms with E-state index in [4.69, 9.17) is 11.6 Å². The topological polar surface area (TPSA) is 85.9 Å². The third-order valence-electron chi connectivity index (χ3n) is 2.63. The van der Waals surface area contributed by atoms with E-state index in [2.05, 4.69) is 15.4 Å². The summed E-state index contributed by atoms with van der Waals surface area (Å²) in [6, 6.07) is 3.17. The van der Waals surface area contributed by atoms with Crippen LogP contribution in [0.4, 0.5) is 11.5 Å². The Labute approximate surface area is 114 Å². The maximum absolute atomic E-state index is 10.9. The van der Waals surface area contributed by atoms with Gasteiger partial charge in [-0.15, -0.1) is 0 Å². The van der Waals surface area contributed by atoms with Gasteiger partial charge in [-0.1, -0.05) is 11.6 Å². The molecule has 2 aromatic rings. The van der Waals surface area contributed by atoms with E-state index in [0.717, 1.165) is 5.69 Å². The summed E-state index contributed by atoms with van der Waals surface area (Å²) < 4.78 is 1.76. The summed E-state index contributed by atoms with van der Waals surface area (Å²) in [7, 11) is 1.85. The average molecular weight is 282 g/mol. The minimum absolute atomic E-state index is 0.127. The van der Waals surface area contributed by atoms with Gasteiger partial charge in [0, 0.05) is 44.2 Å². The van der Waals surface area contributed by atoms with Crippen LogP contribution in [0.25, 0.3) is 0 Å². The Morgan fingerprint density at radius 1 is 1.58 bits per heavy atom. The molecule has 0 amide bonds. The molecule has 0 fully saturated rings. The predicted octanol–water partition coefficient (Wildman–Crippen LogP) is 2.03. The number of nitrogens with zero attached hydrogens (tertiary/aromatic N) is 4. The van der Waals surface area contributed by atoms with Crippen LogP contribution in [0, 0.1) is 10.1 Å². The second kappa shape index (κ2) is 5.66. The fraction of sp³-hybridized carbons (Fsp3) is 0.273. The summed E-state index contributed by atoms with van der Waals surface area (Å²) in [4.78, 5) is 14.3. The van der Waals surface area contributed by atoms with Crippen molar-refractivity contribution in [2.45, 2.75) is 6.42 Å². The van der Waals surface area contributed by atoms with E-state index >= 15 is 0 Å². The van der Waals surface area contributed by atoms with Gasteiger partial charge in [0.25, 0.3) is 0 Å². The van der Waals surface area contributed by atoms with E-state index in [1.165, 1.54) is 12.3 Å². The van der Waals surface area contributed by atoms with Gasteiger partial charge < -0.3 is 5.32 Å². The SMILES string of the molecule is Cn1nccc1CCNc1ncc(Cl)cc1[N+](=O)[O-]. The van der Waals surface area contributed by atoms with Gasteiger partial charge >= 0.3 is 5.69 Å². The van der Waals surface area contributed by atoms with Crippen LogP contribution in [0.5, 0.6) is 0 Å². The predicted molar refractivity (Wildman–Crippen MR) is 71.3 cm³/mol. The van der Waals surface area contributed by atoms with Gasteiger partial charge in [0.1, 0.15) is 0 Å². The largest absolute Gasteiger partial charge is 0.364 e. The maximum atomic E-state index is 10.9. The van der Waals surface area contributed by atoms with Crippen molar-refractivity contribution in [3.05, 3.63) is 45.4 Å². The molecule has 0 aromatic carbocycles. The Kier molecular flexibility index (Phi) is 3.96. The van der Waals surface area contributed by atoms with Gasteiger partial charge in [-0.25, -0.2) is 4.98 Å². The number of halogens is 1. The molecule has 0 radical (unpaired) electrons. The van der Waals surface area contributed by atoms with Crippen molar-refractivity contribution in [3.63, 3.8) is 0 Å². The number of pyridine rings is 1. The first-order chi connectivity index (χ1) is 9.08. The highest BCUT2D eigenvalue weighted by atomic mass is 35.5. The summed E-state index contributed by atoms with van der Waals surface area (Å²) >= 11 is 5.69. The van der Waals surface area contributed by atoms with Gasteiger partial charge in [-0.05, 0) is 6.07 Å². The smallest absolute Gasteiger partial charge is 0.312 e. The third-order valence-corrected chi connectivity index (χ3v) is 2.83. The number of anilines is 1. The molecule has 100 valence electrons. The van der Waals surface area contributed by atoms with Crippen molar-refractivity contribution in [1.82, 2.24) is 14.8 Å². The lowest BCUT2D eigenvalue weighted by Gasteiger charge is -2.06. The summed E-state index contributed by atoms with van der Waals surface area (Å²) in [6.07, 6.45) is 3.78. The van der Waals surface area contributed by atoms with E-state index in [1.54, 1.807) is 10.9 Å². The molecule has 2 heterocycles. The molecule has 19 heavy (non-hydrogen) atoms. The average Bonchev–Trinajstić information content (AvgIpc) is 2.77. The van der Waals surface area contributed by atoms with E-state index in [-0.39, 0.29) is 16.5 Å². The van der Waals surface area contributed by atoms with Crippen molar-refractivity contribution in [3.8, 4) is 0 Å². The van der Waals surface area contributed by atoms with Crippen molar-refractivity contribution in [2.24, 2.45) is 7.05 Å². The molecule has 0 spiro atoms. The van der Waals surface area contributed by atoms with Gasteiger partial charge in [-0.3, -0.25) is 14.8 Å². The fourth-order valence-electron chi connectivity index (χ4n) is 1.66. The summed E-state index contributed by atoms with van der Waals surface area (Å²) in [5.41, 5.74) is 0.904. The summed E-state index contributed by atoms with van der Waals surface area (Å²) in [5, 5.41) is 18.1. The normalized spacial score (nSPS) is 10.4. The van der Waals surface area contributed by atoms with Crippen molar-refractivity contribution in [2.75, 3.05) is 11.9 Å². The molecule has 0 aliphatic rings. The van der Waals surface area contributed by atoms with Gasteiger partial charge in [-0.2, -0.15) is 5.10 Å². The van der Waals surface area contributed by atoms with Crippen molar-refractivity contribution in [1.29, 1.82) is 0 Å². The number of aryl methyl sites for hydroxylation is 1. The Bertz CT molecular complexity index is 599. The van der Waals surface area contributed by atoms with Crippen LogP contribution in [-0.2, 0) is 13.5 Å². The van der Waals surface area contributed by atoms with Crippen molar-refractivity contribution >= 4 is 23.1 Å². The molecular weight excluding hydrogens is 270 g/mol. The molecule has 0 aliphatic heterocycles. The summed E-state index contributed by atoms with van der Waals surface area (Å²) in [5.74, 6) is 0.219. The first kappa shape index (κ1) is 13.3. The van der Waals surface area contributed by atoms with Crippen LogP contribution in [-0.4, -0.2) is 26.2 Å². The standard InChI is InChI=1S/C11H12ClN5O2/c1-16-9(3-5-15-16)2-4-13-11-10(17(18)19)6-8(12)7-14-11/h3,5-7H,2,4H2,1H3,(H,13,14). The molecular formula is C11H12ClN5O2. The molecule has 8 heteroatoms. The van der Waals surface area contributed by atoms with E-state index in [9.17, 15) is 10.1 Å². The molecule has 0 saturated heterocycles. The minimum Gasteiger partial charge on any atom is -0.364 e. The molecule has 0 bridgehead atoms. The molecule has 7 nitrogen and oxygen atoms in total. The Morgan fingerprint density at radius 3 is 3.00 bits per heavy atom. The first-order valence-electron chi connectivity index (χ1n) is 5.58. The highest BCUT2D eigenvalue weighted by Gasteiger charge is 2.15. The van der Waals surface area contributed by atoms with Crippen LogP contribution in [0.3, 0.4) is 0 Å². The van der Waals surface area contributed by atoms with E-state index in [1.807, 2.05) is 13.1 Å². The third kappa shape index (κ3) is 3.19. The van der Waals surface area contributed by atoms with Crippen LogP contribution in [0.1, 0.15) is 5.69 Å². The lowest BCUT2D eigenvalue weighted by Crippen LogP contribution is -2.10. The number of aromatic nitrogens is 3. The number of hydrogen-bond donors (Lipinski definition) is 1. The fourth-order valence-corrected chi connectivity index (χ4v) is 1.81. The second-order valence-electron chi connectivity index (χ2n) is 3.90. The van der Waals surface area contributed by atoms with Crippen LogP contribution in [0.2, 0.25) is 5.02 Å². The monoisotopic (exact) mass is 281 g/mol. The maximum Gasteiger partial charge on any atom is 0.312 e. The lowest BCUT2D eigenvalue weighted by molar-refractivity contribution is -0.384. The van der Waals surface area contributed by atoms with Crippen LogP contribution >= 0.6 is 11.6 Å². The Hall–Kier alpha value is -2.15. The van der Waals surface area contributed by atoms with Crippen LogP contribution < -0.4 is 5.32 Å². The van der Waals surface area contributed by atoms with Crippen molar-refractivity contribution < 1.29 is 4.92 Å². The number of hydrogen-bond acceptors (Lipinski definition) is 5. The highest BCUT2D eigenvalue weighted by molar-refractivity contribution is 6.30. The molecule has 0 aliphatic carbocycles. The summed E-state index contributed by atoms with van der Waals surface area (Å²) in [6.45, 7) is 0.523.